The molecule has 0 aliphatic heterocycles. The highest BCUT2D eigenvalue weighted by Crippen LogP contribution is 2.18. The Balaban J connectivity index is 2.33. The van der Waals surface area contributed by atoms with Crippen LogP contribution in [0.1, 0.15) is 11.4 Å². The second-order valence-corrected chi connectivity index (χ2v) is 3.91. The summed E-state index contributed by atoms with van der Waals surface area (Å²) in [4.78, 5) is 12.4. The maximum atomic E-state index is 13.2. The summed E-state index contributed by atoms with van der Waals surface area (Å²) in [5.41, 5.74) is 1.37. The molecule has 6 nitrogen and oxygen atoms in total. The minimum Gasteiger partial charge on any atom is -0.505 e. The van der Waals surface area contributed by atoms with Gasteiger partial charge in [0.05, 0.1) is 30.6 Å². The molecule has 0 spiro atoms. The van der Waals surface area contributed by atoms with Gasteiger partial charge in [0.15, 0.2) is 11.6 Å². The number of rotatable bonds is 3. The molecular weight excluding hydrogens is 253 g/mol. The first-order chi connectivity index (χ1) is 9.01. The van der Waals surface area contributed by atoms with Gasteiger partial charge in [-0.3, -0.25) is 4.79 Å². The molecule has 1 N–H and O–H groups in total. The van der Waals surface area contributed by atoms with Crippen LogP contribution in [-0.2, 0) is 16.0 Å². The van der Waals surface area contributed by atoms with Gasteiger partial charge in [0, 0.05) is 6.07 Å². The smallest absolute Gasteiger partial charge is 0.311 e. The number of aromatic nitrogens is 3. The summed E-state index contributed by atoms with van der Waals surface area (Å²) in [5, 5.41) is 17.3. The van der Waals surface area contributed by atoms with Gasteiger partial charge >= 0.3 is 5.97 Å². The number of nitrogens with zero attached hydrogens (tertiary/aromatic N) is 3. The van der Waals surface area contributed by atoms with Gasteiger partial charge in [-0.15, -0.1) is 0 Å². The number of aryl methyl sites for hydroxylation is 1. The summed E-state index contributed by atoms with van der Waals surface area (Å²) < 4.78 is 17.8. The highest BCUT2D eigenvalue weighted by Gasteiger charge is 2.13. The Morgan fingerprint density at radius 3 is 2.84 bits per heavy atom. The van der Waals surface area contributed by atoms with Crippen molar-refractivity contribution in [1.82, 2.24) is 15.0 Å². The molecular formula is C12H12FN3O3. The lowest BCUT2D eigenvalue weighted by molar-refractivity contribution is -0.139. The first-order valence-electron chi connectivity index (χ1n) is 5.50. The number of halogens is 1. The zero-order valence-corrected chi connectivity index (χ0v) is 10.4. The van der Waals surface area contributed by atoms with Crippen LogP contribution < -0.4 is 0 Å². The summed E-state index contributed by atoms with van der Waals surface area (Å²) >= 11 is 0. The summed E-state index contributed by atoms with van der Waals surface area (Å²) in [6.07, 6.45) is 0.00288. The molecule has 0 atom stereocenters. The third kappa shape index (κ3) is 2.70. The Kier molecular flexibility index (Phi) is 3.46. The molecule has 1 aromatic carbocycles. The van der Waals surface area contributed by atoms with Crippen molar-refractivity contribution in [3.05, 3.63) is 35.4 Å². The van der Waals surface area contributed by atoms with Crippen molar-refractivity contribution >= 4 is 5.97 Å². The number of ether oxygens (including phenoxy) is 1. The van der Waals surface area contributed by atoms with Crippen LogP contribution in [0.4, 0.5) is 4.39 Å². The van der Waals surface area contributed by atoms with Gasteiger partial charge in [-0.25, -0.2) is 4.39 Å². The molecule has 1 aromatic heterocycles. The molecule has 7 heteroatoms. The Morgan fingerprint density at radius 1 is 1.47 bits per heavy atom. The van der Waals surface area contributed by atoms with E-state index in [0.717, 1.165) is 6.07 Å². The zero-order valence-electron chi connectivity index (χ0n) is 10.4. The van der Waals surface area contributed by atoms with Crippen LogP contribution in [0.15, 0.2) is 18.2 Å². The predicted molar refractivity (Wildman–Crippen MR) is 63.4 cm³/mol. The first kappa shape index (κ1) is 13.0. The molecule has 0 bridgehead atoms. The standard InChI is InChI=1S/C12H12FN3O3/c1-7-10(6-12(18)19-2)15-16(14-7)8-3-4-11(17)9(13)5-8/h3-5,17H,6H2,1-2H3. The number of carbonyl (C=O) groups is 1. The number of phenols is 1. The average molecular weight is 265 g/mol. The molecule has 1 heterocycles. The second kappa shape index (κ2) is 5.05. The van der Waals surface area contributed by atoms with Crippen molar-refractivity contribution < 1.29 is 19.0 Å². The van der Waals surface area contributed by atoms with Crippen LogP contribution in [0.2, 0.25) is 0 Å². The van der Waals surface area contributed by atoms with Crippen molar-refractivity contribution in [3.63, 3.8) is 0 Å². The van der Waals surface area contributed by atoms with E-state index in [1.54, 1.807) is 6.92 Å². The van der Waals surface area contributed by atoms with E-state index in [2.05, 4.69) is 14.9 Å². The monoisotopic (exact) mass is 265 g/mol. The average Bonchev–Trinajstić information content (AvgIpc) is 2.74. The number of carbonyl (C=O) groups excluding carboxylic acids is 1. The normalized spacial score (nSPS) is 10.5. The summed E-state index contributed by atoms with van der Waals surface area (Å²) in [7, 11) is 1.29. The van der Waals surface area contributed by atoms with E-state index in [1.165, 1.54) is 24.0 Å². The largest absolute Gasteiger partial charge is 0.505 e. The maximum absolute atomic E-state index is 13.2. The van der Waals surface area contributed by atoms with E-state index in [0.29, 0.717) is 17.1 Å². The van der Waals surface area contributed by atoms with Gasteiger partial charge in [0.2, 0.25) is 0 Å². The zero-order chi connectivity index (χ0) is 14.0. The summed E-state index contributed by atoms with van der Waals surface area (Å²) in [6, 6.07) is 3.79. The fourth-order valence-corrected chi connectivity index (χ4v) is 1.52. The molecule has 0 unspecified atom stereocenters. The first-order valence-corrected chi connectivity index (χ1v) is 5.50. The molecule has 0 saturated heterocycles. The van der Waals surface area contributed by atoms with Crippen LogP contribution in [0.3, 0.4) is 0 Å². The van der Waals surface area contributed by atoms with E-state index in [4.69, 9.17) is 5.11 Å². The van der Waals surface area contributed by atoms with Crippen LogP contribution in [0.5, 0.6) is 5.75 Å². The van der Waals surface area contributed by atoms with E-state index in [1.807, 2.05) is 0 Å². The molecule has 0 saturated carbocycles. The van der Waals surface area contributed by atoms with Crippen LogP contribution in [0.25, 0.3) is 5.69 Å². The topological polar surface area (TPSA) is 77.2 Å². The van der Waals surface area contributed by atoms with Gasteiger partial charge in [-0.2, -0.15) is 15.0 Å². The minimum absolute atomic E-state index is 0.00288. The fraction of sp³-hybridized carbons (Fsp3) is 0.250. The quantitative estimate of drug-likeness (QED) is 0.842. The molecule has 0 amide bonds. The van der Waals surface area contributed by atoms with Gasteiger partial charge in [-0.1, -0.05) is 0 Å². The van der Waals surface area contributed by atoms with Gasteiger partial charge in [-0.05, 0) is 19.1 Å². The number of benzene rings is 1. The van der Waals surface area contributed by atoms with Crippen LogP contribution >= 0.6 is 0 Å². The van der Waals surface area contributed by atoms with Gasteiger partial charge < -0.3 is 9.84 Å². The predicted octanol–water partition coefficient (Wildman–Crippen LogP) is 1.14. The van der Waals surface area contributed by atoms with Crippen LogP contribution in [0, 0.1) is 12.7 Å². The number of hydrogen-bond donors (Lipinski definition) is 1. The third-order valence-electron chi connectivity index (χ3n) is 2.58. The molecule has 0 fully saturated rings. The third-order valence-corrected chi connectivity index (χ3v) is 2.58. The molecule has 0 radical (unpaired) electrons. The Hall–Kier alpha value is -2.44. The minimum atomic E-state index is -0.762. The van der Waals surface area contributed by atoms with Crippen molar-refractivity contribution in [2.24, 2.45) is 0 Å². The highest BCUT2D eigenvalue weighted by molar-refractivity contribution is 5.72. The van der Waals surface area contributed by atoms with Gasteiger partial charge in [0.25, 0.3) is 0 Å². The van der Waals surface area contributed by atoms with Crippen molar-refractivity contribution in [1.29, 1.82) is 0 Å². The maximum Gasteiger partial charge on any atom is 0.311 e. The molecule has 0 aliphatic rings. The number of aromatic hydroxyl groups is 1. The van der Waals surface area contributed by atoms with E-state index >= 15 is 0 Å². The van der Waals surface area contributed by atoms with E-state index in [-0.39, 0.29) is 6.42 Å². The van der Waals surface area contributed by atoms with Crippen molar-refractivity contribution in [2.75, 3.05) is 7.11 Å². The Bertz CT molecular complexity index is 625. The lowest BCUT2D eigenvalue weighted by Gasteiger charge is -2.00. The Morgan fingerprint density at radius 2 is 2.21 bits per heavy atom. The number of hydrogen-bond acceptors (Lipinski definition) is 5. The summed E-state index contributed by atoms with van der Waals surface area (Å²) in [6.45, 7) is 1.69. The molecule has 19 heavy (non-hydrogen) atoms. The molecule has 2 rings (SSSR count). The van der Waals surface area contributed by atoms with Gasteiger partial charge in [0.1, 0.15) is 0 Å². The number of phenolic OH excluding ortho intramolecular Hbond substituents is 1. The fourth-order valence-electron chi connectivity index (χ4n) is 1.52. The van der Waals surface area contributed by atoms with Crippen molar-refractivity contribution in [2.45, 2.75) is 13.3 Å². The van der Waals surface area contributed by atoms with Crippen molar-refractivity contribution in [3.8, 4) is 11.4 Å². The number of esters is 1. The molecule has 100 valence electrons. The van der Waals surface area contributed by atoms with E-state index < -0.39 is 17.5 Å². The summed E-state index contributed by atoms with van der Waals surface area (Å²) in [5.74, 6) is -1.63. The number of methoxy groups -OCH3 is 1. The SMILES string of the molecule is COC(=O)Cc1nn(-c2ccc(O)c(F)c2)nc1C. The lowest BCUT2D eigenvalue weighted by Crippen LogP contribution is -2.06. The van der Waals surface area contributed by atoms with Crippen LogP contribution in [-0.4, -0.2) is 33.2 Å². The highest BCUT2D eigenvalue weighted by atomic mass is 19.1. The molecule has 0 aliphatic carbocycles. The van der Waals surface area contributed by atoms with E-state index in [9.17, 15) is 9.18 Å². The second-order valence-electron chi connectivity index (χ2n) is 3.91. The lowest BCUT2D eigenvalue weighted by atomic mass is 10.3. The Labute approximate surface area is 108 Å². The molecule has 2 aromatic rings.